The molecular weight excluding hydrogens is 337 g/mol. The van der Waals surface area contributed by atoms with Crippen molar-refractivity contribution < 1.29 is 9.90 Å². The van der Waals surface area contributed by atoms with E-state index in [4.69, 9.17) is 11.6 Å². The molecule has 5 nitrogen and oxygen atoms in total. The van der Waals surface area contributed by atoms with Crippen molar-refractivity contribution in [2.75, 3.05) is 13.1 Å². The number of nitrogens with zero attached hydrogens (tertiary/aromatic N) is 1. The van der Waals surface area contributed by atoms with E-state index in [-0.39, 0.29) is 24.4 Å². The van der Waals surface area contributed by atoms with Crippen LogP contribution in [0, 0.1) is 6.92 Å². The van der Waals surface area contributed by atoms with Crippen LogP contribution in [-0.2, 0) is 0 Å². The summed E-state index contributed by atoms with van der Waals surface area (Å²) in [6, 6.07) is 6.91. The monoisotopic (exact) mass is 355 g/mol. The fraction of sp³-hybridized carbons (Fsp3) is 0.375. The number of carbonyl (C=O) groups excluding carboxylic acids is 1. The summed E-state index contributed by atoms with van der Waals surface area (Å²) in [6.07, 6.45) is 0.130. The number of aliphatic hydroxyl groups is 1. The maximum Gasteiger partial charge on any atom is 0.252 e. The third-order valence-electron chi connectivity index (χ3n) is 3.93. The quantitative estimate of drug-likeness (QED) is 0.770. The molecule has 0 unspecified atom stereocenters. The number of aliphatic hydroxyl groups excluding tert-OH is 1. The normalized spacial score (nSPS) is 20.8. The van der Waals surface area contributed by atoms with Gasteiger partial charge in [-0.05, 0) is 32.0 Å². The number of nitrogens with one attached hydrogen (secondary N) is 2. The van der Waals surface area contributed by atoms with Crippen LogP contribution in [0.4, 0.5) is 0 Å². The zero-order valence-electron chi connectivity index (χ0n) is 12.7. The van der Waals surface area contributed by atoms with Crippen LogP contribution in [0.25, 0.3) is 10.9 Å². The van der Waals surface area contributed by atoms with Gasteiger partial charge in [0.15, 0.2) is 0 Å². The molecule has 1 saturated heterocycles. The van der Waals surface area contributed by atoms with E-state index in [0.29, 0.717) is 29.1 Å². The third-order valence-corrected chi connectivity index (χ3v) is 4.23. The van der Waals surface area contributed by atoms with Crippen LogP contribution in [0.5, 0.6) is 0 Å². The number of aryl methyl sites for hydroxylation is 1. The molecule has 0 aliphatic carbocycles. The molecule has 1 aliphatic rings. The first-order valence-electron chi connectivity index (χ1n) is 7.32. The first kappa shape index (κ1) is 17.9. The molecule has 0 saturated carbocycles. The molecular formula is C16H19Cl2N3O2. The van der Waals surface area contributed by atoms with E-state index < -0.39 is 6.10 Å². The minimum Gasteiger partial charge on any atom is -0.390 e. The van der Waals surface area contributed by atoms with Crippen LogP contribution in [0.1, 0.15) is 22.5 Å². The second-order valence-corrected chi connectivity index (χ2v) is 5.99. The Balaban J connectivity index is 0.00000192. The number of hydrogen-bond acceptors (Lipinski definition) is 4. The number of para-hydroxylation sites is 1. The van der Waals surface area contributed by atoms with E-state index in [2.05, 4.69) is 15.6 Å². The minimum atomic E-state index is -0.574. The van der Waals surface area contributed by atoms with Crippen molar-refractivity contribution in [3.05, 3.63) is 40.5 Å². The van der Waals surface area contributed by atoms with Gasteiger partial charge in [-0.15, -0.1) is 12.4 Å². The first-order valence-corrected chi connectivity index (χ1v) is 7.69. The predicted molar refractivity (Wildman–Crippen MR) is 93.5 cm³/mol. The Hall–Kier alpha value is -1.40. The number of fused-ring (bicyclic) bond motifs is 1. The number of halogens is 2. The second kappa shape index (κ2) is 7.45. The zero-order valence-corrected chi connectivity index (χ0v) is 14.2. The molecule has 0 spiro atoms. The van der Waals surface area contributed by atoms with Crippen LogP contribution in [0.2, 0.25) is 5.02 Å². The summed E-state index contributed by atoms with van der Waals surface area (Å²) < 4.78 is 0. The maximum atomic E-state index is 12.6. The average Bonchev–Trinajstić information content (AvgIpc) is 2.50. The molecule has 2 heterocycles. The number of pyridine rings is 1. The van der Waals surface area contributed by atoms with Crippen LogP contribution in [0.3, 0.4) is 0 Å². The van der Waals surface area contributed by atoms with E-state index in [0.717, 1.165) is 17.6 Å². The van der Waals surface area contributed by atoms with Gasteiger partial charge in [0.2, 0.25) is 0 Å². The van der Waals surface area contributed by atoms with Gasteiger partial charge in [-0.1, -0.05) is 23.7 Å². The lowest BCUT2D eigenvalue weighted by atomic mass is 10.0. The van der Waals surface area contributed by atoms with Crippen LogP contribution in [0.15, 0.2) is 24.3 Å². The number of hydrogen-bond donors (Lipinski definition) is 3. The fourth-order valence-corrected chi connectivity index (χ4v) is 3.00. The van der Waals surface area contributed by atoms with Gasteiger partial charge >= 0.3 is 0 Å². The van der Waals surface area contributed by atoms with Crippen LogP contribution in [-0.4, -0.2) is 41.2 Å². The smallest absolute Gasteiger partial charge is 0.252 e. The Labute approximate surface area is 145 Å². The van der Waals surface area contributed by atoms with Gasteiger partial charge < -0.3 is 15.7 Å². The molecule has 1 aromatic carbocycles. The summed E-state index contributed by atoms with van der Waals surface area (Å²) in [5.41, 5.74) is 1.90. The molecule has 2 atom stereocenters. The van der Waals surface area contributed by atoms with E-state index in [1.807, 2.05) is 13.0 Å². The van der Waals surface area contributed by atoms with Gasteiger partial charge in [0, 0.05) is 17.6 Å². The standard InChI is InChI=1S/C16H18ClN3O2.ClH/c1-9-7-11(10-3-2-4-12(17)15(10)19-9)16(22)20-13-5-6-18-8-14(13)21;/h2-4,7,13-14,18,21H,5-6,8H2,1H3,(H,20,22);1H/t13-,14-;/m1./s1. The van der Waals surface area contributed by atoms with E-state index in [1.165, 1.54) is 0 Å². The second-order valence-electron chi connectivity index (χ2n) is 5.59. The lowest BCUT2D eigenvalue weighted by Gasteiger charge is -2.29. The van der Waals surface area contributed by atoms with Gasteiger partial charge in [-0.25, -0.2) is 0 Å². The summed E-state index contributed by atoms with van der Waals surface area (Å²) in [5, 5.41) is 17.2. The summed E-state index contributed by atoms with van der Waals surface area (Å²) in [5.74, 6) is -0.205. The molecule has 0 bridgehead atoms. The average molecular weight is 356 g/mol. The summed E-state index contributed by atoms with van der Waals surface area (Å²) >= 11 is 6.18. The number of rotatable bonds is 2. The summed E-state index contributed by atoms with van der Waals surface area (Å²) in [4.78, 5) is 17.0. The number of amides is 1. The number of benzene rings is 1. The molecule has 3 rings (SSSR count). The Morgan fingerprint density at radius 1 is 1.48 bits per heavy atom. The molecule has 2 aromatic rings. The fourth-order valence-electron chi connectivity index (χ4n) is 2.79. The van der Waals surface area contributed by atoms with Crippen LogP contribution >= 0.6 is 24.0 Å². The number of aromatic nitrogens is 1. The van der Waals surface area contributed by atoms with Gasteiger partial charge in [-0.3, -0.25) is 9.78 Å². The Morgan fingerprint density at radius 2 is 2.26 bits per heavy atom. The topological polar surface area (TPSA) is 74.2 Å². The van der Waals surface area contributed by atoms with E-state index in [9.17, 15) is 9.90 Å². The van der Waals surface area contributed by atoms with Crippen molar-refractivity contribution in [3.8, 4) is 0 Å². The number of piperidine rings is 1. The molecule has 0 radical (unpaired) electrons. The molecule has 1 aliphatic heterocycles. The molecule has 7 heteroatoms. The molecule has 3 N–H and O–H groups in total. The van der Waals surface area contributed by atoms with Crippen LogP contribution < -0.4 is 10.6 Å². The molecule has 23 heavy (non-hydrogen) atoms. The zero-order chi connectivity index (χ0) is 15.7. The highest BCUT2D eigenvalue weighted by atomic mass is 35.5. The van der Waals surface area contributed by atoms with Crippen molar-refractivity contribution in [1.29, 1.82) is 0 Å². The van der Waals surface area contributed by atoms with Gasteiger partial charge in [-0.2, -0.15) is 0 Å². The number of carbonyl (C=O) groups is 1. The van der Waals surface area contributed by atoms with Gasteiger partial charge in [0.25, 0.3) is 5.91 Å². The highest BCUT2D eigenvalue weighted by Gasteiger charge is 2.25. The van der Waals surface area contributed by atoms with Crippen molar-refractivity contribution in [3.63, 3.8) is 0 Å². The van der Waals surface area contributed by atoms with Crippen molar-refractivity contribution in [1.82, 2.24) is 15.6 Å². The van der Waals surface area contributed by atoms with E-state index in [1.54, 1.807) is 18.2 Å². The molecule has 1 aromatic heterocycles. The maximum absolute atomic E-state index is 12.6. The third kappa shape index (κ3) is 3.75. The van der Waals surface area contributed by atoms with Gasteiger partial charge in [0.1, 0.15) is 0 Å². The summed E-state index contributed by atoms with van der Waals surface area (Å²) in [7, 11) is 0. The van der Waals surface area contributed by atoms with Gasteiger partial charge in [0.05, 0.1) is 28.2 Å². The predicted octanol–water partition coefficient (Wildman–Crippen LogP) is 2.07. The Bertz CT molecular complexity index is 724. The highest BCUT2D eigenvalue weighted by Crippen LogP contribution is 2.25. The molecule has 1 fully saturated rings. The first-order chi connectivity index (χ1) is 10.6. The highest BCUT2D eigenvalue weighted by molar-refractivity contribution is 6.35. The van der Waals surface area contributed by atoms with Crippen molar-refractivity contribution in [2.45, 2.75) is 25.5 Å². The summed E-state index contributed by atoms with van der Waals surface area (Å²) in [6.45, 7) is 3.11. The Kier molecular flexibility index (Phi) is 5.81. The lowest BCUT2D eigenvalue weighted by Crippen LogP contribution is -2.52. The number of β-amino-alcohol motifs (C(OH)–C–C–N with tert-alkyl or cyclic N) is 1. The molecule has 124 valence electrons. The van der Waals surface area contributed by atoms with E-state index >= 15 is 0 Å². The minimum absolute atomic E-state index is 0. The Morgan fingerprint density at radius 3 is 3.00 bits per heavy atom. The van der Waals surface area contributed by atoms with Crippen molar-refractivity contribution >= 4 is 40.8 Å². The molecule has 1 amide bonds. The largest absolute Gasteiger partial charge is 0.390 e. The SMILES string of the molecule is Cc1cc(C(=O)N[C@@H]2CCNC[C@H]2O)c2cccc(Cl)c2n1.Cl. The lowest BCUT2D eigenvalue weighted by molar-refractivity contribution is 0.0766. The van der Waals surface area contributed by atoms with Crippen molar-refractivity contribution in [2.24, 2.45) is 0 Å².